The Labute approximate surface area is 163 Å². The van der Waals surface area contributed by atoms with Crippen molar-refractivity contribution in [3.8, 4) is 6.07 Å². The Balaban J connectivity index is 3.20. The normalized spacial score (nSPS) is 16.2. The van der Waals surface area contributed by atoms with Crippen LogP contribution in [-0.4, -0.2) is 26.5 Å². The molecule has 1 saturated carbocycles. The van der Waals surface area contributed by atoms with Crippen molar-refractivity contribution in [3.05, 3.63) is 24.0 Å². The van der Waals surface area contributed by atoms with Gasteiger partial charge >= 0.3 is 21.6 Å². The molecule has 0 radical (unpaired) electrons. The highest BCUT2D eigenvalue weighted by molar-refractivity contribution is 7.87. The summed E-state index contributed by atoms with van der Waals surface area (Å²) in [5.74, 6) is -1.30. The molecule has 0 aliphatic heterocycles. The average Bonchev–Trinajstić information content (AvgIpc) is 3.13. The maximum atomic E-state index is 12.8. The van der Waals surface area contributed by atoms with Crippen molar-refractivity contribution in [2.24, 2.45) is 5.92 Å². The molecule has 158 valence electrons. The van der Waals surface area contributed by atoms with E-state index in [2.05, 4.69) is 10.8 Å². The van der Waals surface area contributed by atoms with Gasteiger partial charge in [-0.25, -0.2) is 4.79 Å². The number of rotatable bonds is 11. The number of carbonyl (C=O) groups is 1. The topological polar surface area (TPSA) is 93.5 Å². The summed E-state index contributed by atoms with van der Waals surface area (Å²) in [7, 11) is -5.92. The Hall–Kier alpha value is -2.02. The lowest BCUT2D eigenvalue weighted by Gasteiger charge is -2.18. The molecule has 0 N–H and O–H groups in total. The van der Waals surface area contributed by atoms with Crippen LogP contribution in [0.25, 0.3) is 0 Å². The van der Waals surface area contributed by atoms with Crippen LogP contribution >= 0.6 is 0 Å². The van der Waals surface area contributed by atoms with Gasteiger partial charge in [0.25, 0.3) is 0 Å². The zero-order valence-electron chi connectivity index (χ0n) is 15.5. The van der Waals surface area contributed by atoms with E-state index < -0.39 is 27.4 Å². The van der Waals surface area contributed by atoms with Crippen molar-refractivity contribution in [1.82, 2.24) is 0 Å². The second-order valence-electron chi connectivity index (χ2n) is 6.47. The second kappa shape index (κ2) is 11.1. The molecular weight excluding hydrogens is 399 g/mol. The van der Waals surface area contributed by atoms with Crippen molar-refractivity contribution in [2.45, 2.75) is 63.3 Å². The molecule has 1 aliphatic carbocycles. The van der Waals surface area contributed by atoms with Gasteiger partial charge in [0.05, 0.1) is 11.6 Å². The molecule has 1 aliphatic rings. The van der Waals surface area contributed by atoms with Crippen LogP contribution in [0.3, 0.4) is 0 Å². The van der Waals surface area contributed by atoms with Gasteiger partial charge in [0.15, 0.2) is 0 Å². The molecule has 0 amide bonds. The van der Waals surface area contributed by atoms with E-state index in [9.17, 15) is 26.4 Å². The number of halogens is 3. The Morgan fingerprint density at radius 1 is 1.25 bits per heavy atom. The number of unbranched alkanes of at least 4 members (excludes halogenated alkanes) is 1. The number of alkyl halides is 3. The van der Waals surface area contributed by atoms with Gasteiger partial charge < -0.3 is 8.92 Å². The van der Waals surface area contributed by atoms with Gasteiger partial charge in [-0.15, -0.1) is 0 Å². The first kappa shape index (κ1) is 24.0. The molecule has 1 rings (SSSR count). The predicted octanol–water partition coefficient (Wildman–Crippen LogP) is 4.50. The number of hydrogen-bond acceptors (Lipinski definition) is 6. The van der Waals surface area contributed by atoms with Gasteiger partial charge in [0.2, 0.25) is 0 Å². The van der Waals surface area contributed by atoms with Crippen LogP contribution in [0.5, 0.6) is 0 Å². The standard InChI is InChI=1S/C18H24F3NO5S/c1-2-13-26-17(23)15(9-5-6-12-22)16(11-10-14-7-3-4-8-14)27-28(24,25)18(19,20)21/h2,14H,1,3-11,13H2/b16-15+. The molecule has 6 nitrogen and oxygen atoms in total. The van der Waals surface area contributed by atoms with E-state index >= 15 is 0 Å². The molecule has 0 unspecified atom stereocenters. The second-order valence-corrected chi connectivity index (χ2v) is 8.01. The first-order valence-electron chi connectivity index (χ1n) is 9.00. The fraction of sp³-hybridized carbons (Fsp3) is 0.667. The summed E-state index contributed by atoms with van der Waals surface area (Å²) < 4.78 is 70.7. The van der Waals surface area contributed by atoms with Crippen molar-refractivity contribution < 1.29 is 35.3 Å². The molecule has 0 aromatic heterocycles. The first-order chi connectivity index (χ1) is 13.1. The summed E-state index contributed by atoms with van der Waals surface area (Å²) in [4.78, 5) is 12.3. The third-order valence-corrected chi connectivity index (χ3v) is 5.37. The Morgan fingerprint density at radius 2 is 1.89 bits per heavy atom. The van der Waals surface area contributed by atoms with Crippen molar-refractivity contribution in [1.29, 1.82) is 5.26 Å². The minimum Gasteiger partial charge on any atom is -0.458 e. The number of allylic oxidation sites excluding steroid dienone is 1. The smallest absolute Gasteiger partial charge is 0.458 e. The van der Waals surface area contributed by atoms with Gasteiger partial charge in [0, 0.05) is 12.8 Å². The maximum Gasteiger partial charge on any atom is 0.534 e. The van der Waals surface area contributed by atoms with E-state index in [4.69, 9.17) is 10.00 Å². The van der Waals surface area contributed by atoms with Crippen LogP contribution in [-0.2, 0) is 23.8 Å². The lowest BCUT2D eigenvalue weighted by atomic mass is 9.98. The molecule has 0 bridgehead atoms. The summed E-state index contributed by atoms with van der Waals surface area (Å²) in [5.41, 5.74) is -5.91. The zero-order valence-corrected chi connectivity index (χ0v) is 16.3. The van der Waals surface area contributed by atoms with Crippen LogP contribution in [0, 0.1) is 17.2 Å². The van der Waals surface area contributed by atoms with Gasteiger partial charge in [-0.2, -0.15) is 26.9 Å². The molecule has 1 fully saturated rings. The first-order valence-corrected chi connectivity index (χ1v) is 10.4. The lowest BCUT2D eigenvalue weighted by molar-refractivity contribution is -0.138. The van der Waals surface area contributed by atoms with Crippen LogP contribution in [0.15, 0.2) is 24.0 Å². The van der Waals surface area contributed by atoms with Gasteiger partial charge in [-0.05, 0) is 25.2 Å². The SMILES string of the molecule is C=CCOC(=O)/C(CCCC#N)=C(\CCC1CCCC1)OS(=O)(=O)C(F)(F)F. The quantitative estimate of drug-likeness (QED) is 0.0924. The number of nitriles is 1. The summed E-state index contributed by atoms with van der Waals surface area (Å²) >= 11 is 0. The van der Waals surface area contributed by atoms with Gasteiger partial charge in [0.1, 0.15) is 12.4 Å². The highest BCUT2D eigenvalue weighted by atomic mass is 32.2. The highest BCUT2D eigenvalue weighted by Crippen LogP contribution is 2.34. The van der Waals surface area contributed by atoms with E-state index in [0.29, 0.717) is 6.42 Å². The molecule has 0 atom stereocenters. The van der Waals surface area contributed by atoms with E-state index in [1.807, 2.05) is 6.07 Å². The van der Waals surface area contributed by atoms with Crippen LogP contribution < -0.4 is 0 Å². The van der Waals surface area contributed by atoms with E-state index in [1.165, 1.54) is 6.08 Å². The lowest BCUT2D eigenvalue weighted by Crippen LogP contribution is -2.26. The van der Waals surface area contributed by atoms with Crippen molar-refractivity contribution in [3.63, 3.8) is 0 Å². The molecule has 28 heavy (non-hydrogen) atoms. The van der Waals surface area contributed by atoms with E-state index in [0.717, 1.165) is 25.7 Å². The largest absolute Gasteiger partial charge is 0.534 e. The van der Waals surface area contributed by atoms with E-state index in [-0.39, 0.29) is 43.8 Å². The molecular formula is C18H24F3NO5S. The Bertz CT molecular complexity index is 716. The number of carbonyl (C=O) groups excluding carboxylic acids is 1. The van der Waals surface area contributed by atoms with Crippen LogP contribution in [0.4, 0.5) is 13.2 Å². The van der Waals surface area contributed by atoms with Crippen LogP contribution in [0.1, 0.15) is 57.8 Å². The monoisotopic (exact) mass is 423 g/mol. The highest BCUT2D eigenvalue weighted by Gasteiger charge is 2.49. The maximum absolute atomic E-state index is 12.8. The number of hydrogen-bond donors (Lipinski definition) is 0. The van der Waals surface area contributed by atoms with Crippen molar-refractivity contribution in [2.75, 3.05) is 6.61 Å². The number of nitrogens with zero attached hydrogens (tertiary/aromatic N) is 1. The number of esters is 1. The average molecular weight is 423 g/mol. The fourth-order valence-corrected chi connectivity index (χ4v) is 3.52. The summed E-state index contributed by atoms with van der Waals surface area (Å²) in [6, 6.07) is 1.86. The predicted molar refractivity (Wildman–Crippen MR) is 94.9 cm³/mol. The van der Waals surface area contributed by atoms with Gasteiger partial charge in [-0.3, -0.25) is 0 Å². The molecule has 0 spiro atoms. The summed E-state index contributed by atoms with van der Waals surface area (Å²) in [6.45, 7) is 3.19. The molecule has 0 saturated heterocycles. The summed E-state index contributed by atoms with van der Waals surface area (Å²) in [5, 5.41) is 8.67. The minimum atomic E-state index is -5.92. The van der Waals surface area contributed by atoms with Crippen molar-refractivity contribution >= 4 is 16.1 Å². The Morgan fingerprint density at radius 3 is 2.43 bits per heavy atom. The summed E-state index contributed by atoms with van der Waals surface area (Å²) in [6.07, 6.45) is 5.40. The fourth-order valence-electron chi connectivity index (χ4n) is 2.98. The number of ether oxygens (including phenoxy) is 1. The molecule has 0 aromatic carbocycles. The minimum absolute atomic E-state index is 0.0418. The third-order valence-electron chi connectivity index (χ3n) is 4.38. The van der Waals surface area contributed by atoms with Crippen LogP contribution in [0.2, 0.25) is 0 Å². The molecule has 0 heterocycles. The molecule has 10 heteroatoms. The zero-order chi connectivity index (χ0) is 21.2. The van der Waals surface area contributed by atoms with E-state index in [1.54, 1.807) is 0 Å². The third kappa shape index (κ3) is 7.54. The van der Waals surface area contributed by atoms with Gasteiger partial charge in [-0.1, -0.05) is 38.3 Å². The molecule has 0 aromatic rings. The Kier molecular flexibility index (Phi) is 9.52.